The molecule has 3 aromatic rings. The number of aromatic nitrogens is 2. The lowest BCUT2D eigenvalue weighted by Crippen LogP contribution is -2.03. The van der Waals surface area contributed by atoms with Gasteiger partial charge in [-0.15, -0.1) is 0 Å². The molecule has 0 aliphatic carbocycles. The summed E-state index contributed by atoms with van der Waals surface area (Å²) in [7, 11) is 0. The molecule has 1 N–H and O–H groups in total. The van der Waals surface area contributed by atoms with Gasteiger partial charge in [-0.25, -0.2) is 9.97 Å². The second-order valence-corrected chi connectivity index (χ2v) is 4.28. The molecule has 2 heterocycles. The fraction of sp³-hybridized carbons (Fsp3) is 0.0769. The van der Waals surface area contributed by atoms with E-state index in [-0.39, 0.29) is 0 Å². The van der Waals surface area contributed by atoms with Gasteiger partial charge in [0.25, 0.3) is 0 Å². The zero-order valence-electron chi connectivity index (χ0n) is 9.25. The first-order valence-electron chi connectivity index (χ1n) is 5.38. The average molecular weight is 261 g/mol. The van der Waals surface area contributed by atoms with E-state index in [4.69, 9.17) is 16.0 Å². The zero-order chi connectivity index (χ0) is 12.5. The maximum absolute atomic E-state index is 10.1. The Morgan fingerprint density at radius 1 is 1.17 bits per heavy atom. The van der Waals surface area contributed by atoms with E-state index in [1.165, 1.54) is 0 Å². The molecular weight excluding hydrogens is 252 g/mol. The van der Waals surface area contributed by atoms with Crippen LogP contribution in [0.3, 0.4) is 0 Å². The van der Waals surface area contributed by atoms with Gasteiger partial charge in [0.1, 0.15) is 11.3 Å². The molecule has 0 aliphatic heterocycles. The van der Waals surface area contributed by atoms with E-state index in [2.05, 4.69) is 9.97 Å². The highest BCUT2D eigenvalue weighted by Crippen LogP contribution is 2.28. The first kappa shape index (κ1) is 11.2. The van der Waals surface area contributed by atoms with Gasteiger partial charge in [-0.05, 0) is 30.3 Å². The van der Waals surface area contributed by atoms with Gasteiger partial charge in [0, 0.05) is 22.8 Å². The molecule has 5 heteroatoms. The number of halogens is 1. The van der Waals surface area contributed by atoms with Crippen molar-refractivity contribution in [1.82, 2.24) is 9.97 Å². The molecule has 0 aliphatic rings. The summed E-state index contributed by atoms with van der Waals surface area (Å²) in [4.78, 5) is 7.99. The largest absolute Gasteiger partial charge is 0.458 e. The average Bonchev–Trinajstić information content (AvgIpc) is 2.81. The Hall–Kier alpha value is -1.91. The summed E-state index contributed by atoms with van der Waals surface area (Å²) in [6.07, 6.45) is 2.17. The first-order chi connectivity index (χ1) is 8.74. The van der Waals surface area contributed by atoms with Crippen molar-refractivity contribution < 1.29 is 9.52 Å². The number of benzene rings is 1. The van der Waals surface area contributed by atoms with Crippen LogP contribution < -0.4 is 0 Å². The highest BCUT2D eigenvalue weighted by Gasteiger charge is 2.17. The third-order valence-electron chi connectivity index (χ3n) is 2.60. The molecule has 0 bridgehead atoms. The van der Waals surface area contributed by atoms with Crippen LogP contribution in [0.2, 0.25) is 5.02 Å². The van der Waals surface area contributed by atoms with Crippen molar-refractivity contribution in [2.45, 2.75) is 6.10 Å². The van der Waals surface area contributed by atoms with Crippen molar-refractivity contribution >= 4 is 22.6 Å². The summed E-state index contributed by atoms with van der Waals surface area (Å²) in [6.45, 7) is 0. The molecule has 0 saturated carbocycles. The third kappa shape index (κ3) is 1.96. The first-order valence-corrected chi connectivity index (χ1v) is 5.76. The highest BCUT2D eigenvalue weighted by molar-refractivity contribution is 6.31. The van der Waals surface area contributed by atoms with E-state index in [0.717, 1.165) is 5.39 Å². The normalized spacial score (nSPS) is 12.8. The molecule has 4 nitrogen and oxygen atoms in total. The van der Waals surface area contributed by atoms with Gasteiger partial charge >= 0.3 is 0 Å². The van der Waals surface area contributed by atoms with Gasteiger partial charge in [-0.3, -0.25) is 0 Å². The van der Waals surface area contributed by atoms with E-state index in [1.54, 1.807) is 42.7 Å². The van der Waals surface area contributed by atoms with E-state index in [9.17, 15) is 5.11 Å². The Balaban J connectivity index is 2.04. The van der Waals surface area contributed by atoms with Gasteiger partial charge in [-0.2, -0.15) is 0 Å². The quantitative estimate of drug-likeness (QED) is 0.770. The predicted octanol–water partition coefficient (Wildman–Crippen LogP) is 2.96. The molecule has 18 heavy (non-hydrogen) atoms. The zero-order valence-corrected chi connectivity index (χ0v) is 10.0. The van der Waals surface area contributed by atoms with Crippen LogP contribution in [-0.2, 0) is 0 Å². The molecule has 3 rings (SSSR count). The Morgan fingerprint density at radius 3 is 2.72 bits per heavy atom. The van der Waals surface area contributed by atoms with Crippen molar-refractivity contribution in [3.63, 3.8) is 0 Å². The third-order valence-corrected chi connectivity index (χ3v) is 2.83. The fourth-order valence-electron chi connectivity index (χ4n) is 1.75. The Bertz CT molecular complexity index is 682. The maximum Gasteiger partial charge on any atom is 0.171 e. The van der Waals surface area contributed by atoms with E-state index in [1.807, 2.05) is 0 Å². The van der Waals surface area contributed by atoms with Crippen molar-refractivity contribution in [3.8, 4) is 0 Å². The van der Waals surface area contributed by atoms with Crippen molar-refractivity contribution in [2.24, 2.45) is 0 Å². The number of aliphatic hydroxyl groups is 1. The maximum atomic E-state index is 10.1. The lowest BCUT2D eigenvalue weighted by atomic mass is 10.2. The van der Waals surface area contributed by atoms with Gasteiger partial charge in [0.2, 0.25) is 0 Å². The molecular formula is C13H9ClN2O2. The molecule has 1 aromatic carbocycles. The van der Waals surface area contributed by atoms with Crippen LogP contribution in [0.15, 0.2) is 47.1 Å². The van der Waals surface area contributed by atoms with Crippen LogP contribution in [0.1, 0.15) is 17.7 Å². The predicted molar refractivity (Wildman–Crippen MR) is 67.3 cm³/mol. The molecule has 0 radical (unpaired) electrons. The molecule has 1 atom stereocenters. The van der Waals surface area contributed by atoms with E-state index < -0.39 is 6.10 Å². The van der Waals surface area contributed by atoms with Gasteiger partial charge < -0.3 is 9.52 Å². The second-order valence-electron chi connectivity index (χ2n) is 3.84. The van der Waals surface area contributed by atoms with Gasteiger partial charge in [0.05, 0.1) is 0 Å². The van der Waals surface area contributed by atoms with E-state index in [0.29, 0.717) is 22.2 Å². The van der Waals surface area contributed by atoms with Crippen LogP contribution in [0.5, 0.6) is 0 Å². The smallest absolute Gasteiger partial charge is 0.171 e. The van der Waals surface area contributed by atoms with Crippen LogP contribution in [0, 0.1) is 0 Å². The van der Waals surface area contributed by atoms with Crippen molar-refractivity contribution in [1.29, 1.82) is 0 Å². The summed E-state index contributed by atoms with van der Waals surface area (Å²) in [6, 6.07) is 8.71. The monoisotopic (exact) mass is 260 g/mol. The minimum Gasteiger partial charge on any atom is -0.458 e. The molecule has 0 spiro atoms. The summed E-state index contributed by atoms with van der Waals surface area (Å²) in [5.74, 6) is 0.709. The van der Waals surface area contributed by atoms with Gasteiger partial charge in [0.15, 0.2) is 11.9 Å². The Kier molecular flexibility index (Phi) is 2.74. The number of hydrogen-bond donors (Lipinski definition) is 1. The molecule has 2 aromatic heterocycles. The molecule has 0 amide bonds. The molecule has 0 saturated heterocycles. The van der Waals surface area contributed by atoms with Crippen molar-refractivity contribution in [2.75, 3.05) is 0 Å². The summed E-state index contributed by atoms with van der Waals surface area (Å²) < 4.78 is 5.55. The lowest BCUT2D eigenvalue weighted by molar-refractivity contribution is 0.182. The lowest BCUT2D eigenvalue weighted by Gasteiger charge is -2.04. The SMILES string of the molecule is OC(c1ncccn1)c1cc2cc(Cl)ccc2o1. The van der Waals surface area contributed by atoms with Gasteiger partial charge in [-0.1, -0.05) is 11.6 Å². The highest BCUT2D eigenvalue weighted by atomic mass is 35.5. The minimum absolute atomic E-state index is 0.308. The summed E-state index contributed by atoms with van der Waals surface area (Å²) >= 11 is 5.90. The number of aliphatic hydroxyl groups excluding tert-OH is 1. The topological polar surface area (TPSA) is 59.2 Å². The summed E-state index contributed by atoms with van der Waals surface area (Å²) in [5.41, 5.74) is 0.671. The van der Waals surface area contributed by atoms with Crippen LogP contribution in [-0.4, -0.2) is 15.1 Å². The summed E-state index contributed by atoms with van der Waals surface area (Å²) in [5, 5.41) is 11.6. The molecule has 90 valence electrons. The number of furan rings is 1. The van der Waals surface area contributed by atoms with Crippen molar-refractivity contribution in [3.05, 3.63) is 59.3 Å². The fourth-order valence-corrected chi connectivity index (χ4v) is 1.93. The molecule has 1 unspecified atom stereocenters. The number of hydrogen-bond acceptors (Lipinski definition) is 4. The Labute approximate surface area is 108 Å². The standard InChI is InChI=1S/C13H9ClN2O2/c14-9-2-3-10-8(6-9)7-11(18-10)12(17)13-15-4-1-5-16-13/h1-7,12,17H. The number of rotatable bonds is 2. The van der Waals surface area contributed by atoms with Crippen LogP contribution >= 0.6 is 11.6 Å². The number of fused-ring (bicyclic) bond motifs is 1. The number of nitrogens with zero attached hydrogens (tertiary/aromatic N) is 2. The molecule has 0 fully saturated rings. The van der Waals surface area contributed by atoms with Crippen LogP contribution in [0.4, 0.5) is 0 Å². The second kappa shape index (κ2) is 4.40. The Morgan fingerprint density at radius 2 is 1.94 bits per heavy atom. The minimum atomic E-state index is -0.975. The van der Waals surface area contributed by atoms with E-state index >= 15 is 0 Å². The van der Waals surface area contributed by atoms with Crippen LogP contribution in [0.25, 0.3) is 11.0 Å².